The Morgan fingerprint density at radius 1 is 0.568 bits per heavy atom. The smallest absolute Gasteiger partial charge is 0.0887 e. The molecule has 0 atom stereocenters. The van der Waals surface area contributed by atoms with Crippen molar-refractivity contribution in [2.75, 3.05) is 60.7 Å². The first-order chi connectivity index (χ1) is 21.4. The SMILES string of the molecule is C=CCN(C)c1ccc(/N=N/c2ccc(NCCNc3ccc(/N=N/c4ccc(N(C)CC=C)cc4C)cc3)cc2)c(C)c1. The number of nitrogens with zero attached hydrogens (tertiary/aromatic N) is 6. The summed E-state index contributed by atoms with van der Waals surface area (Å²) in [6.07, 6.45) is 3.78. The van der Waals surface area contributed by atoms with Gasteiger partial charge in [0.15, 0.2) is 0 Å². The van der Waals surface area contributed by atoms with Crippen LogP contribution in [0.25, 0.3) is 0 Å². The Hall–Kier alpha value is -5.24. The van der Waals surface area contributed by atoms with Crippen LogP contribution in [0, 0.1) is 13.8 Å². The molecule has 0 aliphatic heterocycles. The van der Waals surface area contributed by atoms with Crippen LogP contribution in [0.5, 0.6) is 0 Å². The Morgan fingerprint density at radius 2 is 0.955 bits per heavy atom. The lowest BCUT2D eigenvalue weighted by atomic mass is 10.1. The van der Waals surface area contributed by atoms with Crippen LogP contribution in [0.1, 0.15) is 11.1 Å². The van der Waals surface area contributed by atoms with Crippen molar-refractivity contribution in [2.24, 2.45) is 20.5 Å². The van der Waals surface area contributed by atoms with Gasteiger partial charge in [0.25, 0.3) is 0 Å². The van der Waals surface area contributed by atoms with E-state index >= 15 is 0 Å². The van der Waals surface area contributed by atoms with Gasteiger partial charge in [0.2, 0.25) is 0 Å². The van der Waals surface area contributed by atoms with E-state index in [1.165, 1.54) is 0 Å². The van der Waals surface area contributed by atoms with Crippen molar-refractivity contribution in [3.63, 3.8) is 0 Å². The number of hydrogen-bond donors (Lipinski definition) is 2. The van der Waals surface area contributed by atoms with Crippen molar-refractivity contribution in [1.29, 1.82) is 0 Å². The first-order valence-electron chi connectivity index (χ1n) is 14.7. The van der Waals surface area contributed by atoms with Crippen LogP contribution in [-0.2, 0) is 0 Å². The molecule has 2 N–H and O–H groups in total. The summed E-state index contributed by atoms with van der Waals surface area (Å²) < 4.78 is 0. The van der Waals surface area contributed by atoms with Gasteiger partial charge in [-0.15, -0.1) is 13.2 Å². The van der Waals surface area contributed by atoms with E-state index in [-0.39, 0.29) is 0 Å². The molecule has 0 saturated carbocycles. The predicted octanol–water partition coefficient (Wildman–Crippen LogP) is 9.90. The number of nitrogens with one attached hydrogen (secondary N) is 2. The molecule has 0 saturated heterocycles. The molecule has 4 rings (SSSR count). The number of azo groups is 2. The second kappa shape index (κ2) is 15.8. The van der Waals surface area contributed by atoms with Crippen molar-refractivity contribution in [3.05, 3.63) is 121 Å². The van der Waals surface area contributed by atoms with Gasteiger partial charge in [0.05, 0.1) is 22.7 Å². The van der Waals surface area contributed by atoms with E-state index in [1.54, 1.807) is 0 Å². The van der Waals surface area contributed by atoms with Crippen LogP contribution in [0.4, 0.5) is 45.5 Å². The summed E-state index contributed by atoms with van der Waals surface area (Å²) >= 11 is 0. The lowest BCUT2D eigenvalue weighted by Crippen LogP contribution is -2.16. The first kappa shape index (κ1) is 31.7. The second-order valence-electron chi connectivity index (χ2n) is 10.6. The Balaban J connectivity index is 1.21. The number of aryl methyl sites for hydroxylation is 2. The van der Waals surface area contributed by atoms with Gasteiger partial charge in [0, 0.05) is 63.0 Å². The van der Waals surface area contributed by atoms with E-state index < -0.39 is 0 Å². The molecule has 0 spiro atoms. The molecule has 4 aromatic carbocycles. The fourth-order valence-corrected chi connectivity index (χ4v) is 4.51. The van der Waals surface area contributed by atoms with Gasteiger partial charge in [-0.2, -0.15) is 20.5 Å². The third kappa shape index (κ3) is 9.13. The molecule has 44 heavy (non-hydrogen) atoms. The Morgan fingerprint density at radius 3 is 1.30 bits per heavy atom. The minimum Gasteiger partial charge on any atom is -0.383 e. The van der Waals surface area contributed by atoms with Gasteiger partial charge in [-0.05, 0) is 110 Å². The molecule has 0 aromatic heterocycles. The summed E-state index contributed by atoms with van der Waals surface area (Å²) in [6.45, 7) is 14.8. The summed E-state index contributed by atoms with van der Waals surface area (Å²) in [5.41, 5.74) is 9.81. The fourth-order valence-electron chi connectivity index (χ4n) is 4.51. The van der Waals surface area contributed by atoms with Crippen LogP contribution >= 0.6 is 0 Å². The zero-order valence-corrected chi connectivity index (χ0v) is 26.2. The minimum atomic E-state index is 0.769. The Labute approximate surface area is 261 Å². The summed E-state index contributed by atoms with van der Waals surface area (Å²) in [7, 11) is 4.09. The van der Waals surface area contributed by atoms with Crippen LogP contribution < -0.4 is 20.4 Å². The molecule has 0 radical (unpaired) electrons. The molecular weight excluding hydrogens is 544 g/mol. The van der Waals surface area contributed by atoms with Gasteiger partial charge in [0.1, 0.15) is 0 Å². The van der Waals surface area contributed by atoms with Gasteiger partial charge >= 0.3 is 0 Å². The highest BCUT2D eigenvalue weighted by Crippen LogP contribution is 2.28. The van der Waals surface area contributed by atoms with Crippen LogP contribution in [-0.4, -0.2) is 40.3 Å². The molecule has 0 amide bonds. The average molecular weight is 587 g/mol. The minimum absolute atomic E-state index is 0.769. The molecule has 4 aromatic rings. The van der Waals surface area contributed by atoms with Gasteiger partial charge in [-0.25, -0.2) is 0 Å². The fraction of sp³-hybridized carbons (Fsp3) is 0.222. The van der Waals surface area contributed by atoms with Crippen LogP contribution in [0.2, 0.25) is 0 Å². The molecular formula is C36H42N8. The van der Waals surface area contributed by atoms with Gasteiger partial charge in [-0.1, -0.05) is 12.2 Å². The first-order valence-corrected chi connectivity index (χ1v) is 14.7. The third-order valence-electron chi connectivity index (χ3n) is 7.11. The van der Waals surface area contributed by atoms with Gasteiger partial charge in [-0.3, -0.25) is 0 Å². The Bertz CT molecular complexity index is 1470. The maximum absolute atomic E-state index is 4.45. The zero-order valence-electron chi connectivity index (χ0n) is 26.2. The van der Waals surface area contributed by atoms with Crippen molar-refractivity contribution >= 4 is 45.5 Å². The number of benzene rings is 4. The van der Waals surface area contributed by atoms with Gasteiger partial charge < -0.3 is 20.4 Å². The molecule has 0 heterocycles. The summed E-state index contributed by atoms with van der Waals surface area (Å²) in [6, 6.07) is 28.3. The summed E-state index contributed by atoms with van der Waals surface area (Å²) in [5, 5.41) is 24.6. The van der Waals surface area contributed by atoms with E-state index in [2.05, 4.69) is 78.3 Å². The van der Waals surface area contributed by atoms with Crippen molar-refractivity contribution in [1.82, 2.24) is 0 Å². The van der Waals surface area contributed by atoms with Crippen LogP contribution in [0.3, 0.4) is 0 Å². The quantitative estimate of drug-likeness (QED) is 0.0825. The standard InChI is InChI=1S/C36H42N8/c1-7-23-43(5)33-17-19-35(27(3)25-33)41-39-31-13-9-29(10-14-31)37-21-22-38-30-11-15-32(16-12-30)40-42-36-20-18-34(26-28(36)4)44(6)24-8-2/h7-20,25-26,37-38H,1-2,21-24H2,3-6H3/b41-39+,42-40+. The van der Waals surface area contributed by atoms with E-state index in [9.17, 15) is 0 Å². The molecule has 0 aliphatic rings. The monoisotopic (exact) mass is 586 g/mol. The maximum Gasteiger partial charge on any atom is 0.0887 e. The molecule has 226 valence electrons. The highest BCUT2D eigenvalue weighted by Gasteiger charge is 2.04. The largest absolute Gasteiger partial charge is 0.383 e. The molecule has 8 heteroatoms. The molecule has 8 nitrogen and oxygen atoms in total. The van der Waals surface area contributed by atoms with E-state index in [0.29, 0.717) is 0 Å². The zero-order chi connectivity index (χ0) is 31.3. The lowest BCUT2D eigenvalue weighted by molar-refractivity contribution is 1.03. The van der Waals surface area contributed by atoms with Crippen molar-refractivity contribution in [3.8, 4) is 0 Å². The Kier molecular flexibility index (Phi) is 11.4. The van der Waals surface area contributed by atoms with E-state index in [1.807, 2.05) is 101 Å². The molecule has 0 aliphatic carbocycles. The van der Waals surface area contributed by atoms with Crippen LogP contribution in [0.15, 0.2) is 131 Å². The van der Waals surface area contributed by atoms with Crippen molar-refractivity contribution < 1.29 is 0 Å². The highest BCUT2D eigenvalue weighted by molar-refractivity contribution is 5.59. The number of anilines is 4. The lowest BCUT2D eigenvalue weighted by Gasteiger charge is -2.17. The van der Waals surface area contributed by atoms with E-state index in [4.69, 9.17) is 0 Å². The highest BCUT2D eigenvalue weighted by atomic mass is 15.1. The molecule has 0 fully saturated rings. The second-order valence-corrected chi connectivity index (χ2v) is 10.6. The molecule has 0 unspecified atom stereocenters. The average Bonchev–Trinajstić information content (AvgIpc) is 3.03. The maximum atomic E-state index is 4.45. The van der Waals surface area contributed by atoms with Crippen molar-refractivity contribution in [2.45, 2.75) is 13.8 Å². The predicted molar refractivity (Wildman–Crippen MR) is 188 cm³/mol. The normalized spacial score (nSPS) is 11.1. The summed E-state index contributed by atoms with van der Waals surface area (Å²) in [4.78, 5) is 4.28. The molecule has 0 bridgehead atoms. The topological polar surface area (TPSA) is 80.0 Å². The summed E-state index contributed by atoms with van der Waals surface area (Å²) in [5.74, 6) is 0. The number of rotatable bonds is 15. The number of hydrogen-bond acceptors (Lipinski definition) is 8. The number of likely N-dealkylation sites (N-methyl/N-ethyl adjacent to an activating group) is 2. The van der Waals surface area contributed by atoms with E-state index in [0.717, 1.165) is 82.8 Å². The third-order valence-corrected chi connectivity index (χ3v) is 7.11.